The van der Waals surface area contributed by atoms with Gasteiger partial charge in [0.1, 0.15) is 0 Å². The lowest BCUT2D eigenvalue weighted by Gasteiger charge is -2.23. The van der Waals surface area contributed by atoms with Crippen LogP contribution in [0.3, 0.4) is 0 Å². The lowest BCUT2D eigenvalue weighted by atomic mass is 10.2. The third-order valence-corrected chi connectivity index (χ3v) is 3.87. The zero-order chi connectivity index (χ0) is 13.2. The Bertz CT molecular complexity index is 300. The van der Waals surface area contributed by atoms with Crippen LogP contribution in [-0.2, 0) is 9.53 Å². The molecule has 104 valence electrons. The fourth-order valence-electron chi connectivity index (χ4n) is 2.64. The molecule has 1 aliphatic heterocycles. The lowest BCUT2D eigenvalue weighted by molar-refractivity contribution is -0.130. The topological polar surface area (TPSA) is 41.6 Å². The van der Waals surface area contributed by atoms with Gasteiger partial charge in [0.15, 0.2) is 0 Å². The number of nitrogens with zero attached hydrogens (tertiary/aromatic N) is 1. The van der Waals surface area contributed by atoms with E-state index in [1.807, 2.05) is 4.90 Å². The summed E-state index contributed by atoms with van der Waals surface area (Å²) in [7, 11) is 0. The second-order valence-electron chi connectivity index (χ2n) is 5.78. The Balaban J connectivity index is 1.72. The Hall–Kier alpha value is -0.610. The van der Waals surface area contributed by atoms with Crippen molar-refractivity contribution in [3.8, 4) is 0 Å². The normalized spacial score (nSPS) is 25.4. The van der Waals surface area contributed by atoms with Crippen molar-refractivity contribution in [1.29, 1.82) is 0 Å². The van der Waals surface area contributed by atoms with Crippen LogP contribution in [0.1, 0.15) is 52.9 Å². The number of amides is 1. The largest absolute Gasteiger partial charge is 0.379 e. The number of hydrogen-bond donors (Lipinski definition) is 1. The van der Waals surface area contributed by atoms with Crippen molar-refractivity contribution in [3.05, 3.63) is 0 Å². The molecule has 18 heavy (non-hydrogen) atoms. The van der Waals surface area contributed by atoms with E-state index >= 15 is 0 Å². The third kappa shape index (κ3) is 2.86. The molecule has 0 radical (unpaired) electrons. The fraction of sp³-hybridized carbons (Fsp3) is 0.929. The molecule has 0 bridgehead atoms. The van der Waals surface area contributed by atoms with E-state index in [2.05, 4.69) is 26.1 Å². The van der Waals surface area contributed by atoms with Gasteiger partial charge in [0.25, 0.3) is 0 Å². The molecule has 2 aliphatic rings. The van der Waals surface area contributed by atoms with E-state index in [9.17, 15) is 4.79 Å². The Morgan fingerprint density at radius 1 is 1.44 bits per heavy atom. The van der Waals surface area contributed by atoms with Crippen LogP contribution in [0.15, 0.2) is 0 Å². The number of ether oxygens (including phenoxy) is 1. The first-order valence-corrected chi connectivity index (χ1v) is 7.29. The van der Waals surface area contributed by atoms with Gasteiger partial charge in [-0.25, -0.2) is 0 Å². The number of carbonyl (C=O) groups is 1. The van der Waals surface area contributed by atoms with Gasteiger partial charge in [-0.1, -0.05) is 6.92 Å². The van der Waals surface area contributed by atoms with Crippen molar-refractivity contribution >= 4 is 5.91 Å². The summed E-state index contributed by atoms with van der Waals surface area (Å²) in [5, 5.41) is 3.50. The average molecular weight is 254 g/mol. The Morgan fingerprint density at radius 3 is 2.72 bits per heavy atom. The summed E-state index contributed by atoms with van der Waals surface area (Å²) >= 11 is 0. The second-order valence-corrected chi connectivity index (χ2v) is 5.78. The molecule has 4 heteroatoms. The van der Waals surface area contributed by atoms with Crippen LogP contribution >= 0.6 is 0 Å². The highest BCUT2D eigenvalue weighted by Gasteiger charge is 2.58. The highest BCUT2D eigenvalue weighted by Crippen LogP contribution is 2.42. The van der Waals surface area contributed by atoms with Gasteiger partial charge in [0, 0.05) is 13.2 Å². The summed E-state index contributed by atoms with van der Waals surface area (Å²) in [6.07, 6.45) is 5.67. The number of unbranched alkanes of at least 4 members (excludes halogenated alkanes) is 1. The number of hydrogen-bond acceptors (Lipinski definition) is 3. The molecule has 1 spiro atoms. The van der Waals surface area contributed by atoms with E-state index in [1.165, 1.54) is 0 Å². The monoisotopic (exact) mass is 254 g/mol. The minimum atomic E-state index is -0.158. The molecule has 4 nitrogen and oxygen atoms in total. The first-order valence-electron chi connectivity index (χ1n) is 7.29. The predicted octanol–water partition coefficient (Wildman–Crippen LogP) is 1.89. The van der Waals surface area contributed by atoms with Crippen molar-refractivity contribution in [1.82, 2.24) is 10.2 Å². The first kappa shape index (κ1) is 13.8. The summed E-state index contributed by atoms with van der Waals surface area (Å²) < 4.78 is 5.52. The van der Waals surface area contributed by atoms with E-state index in [4.69, 9.17) is 4.74 Å². The molecule has 2 fully saturated rings. The molecule has 0 aromatic rings. The van der Waals surface area contributed by atoms with E-state index < -0.39 is 0 Å². The molecule has 1 N–H and O–H groups in total. The van der Waals surface area contributed by atoms with Gasteiger partial charge < -0.3 is 9.64 Å². The van der Waals surface area contributed by atoms with Gasteiger partial charge in [-0.3, -0.25) is 10.1 Å². The summed E-state index contributed by atoms with van der Waals surface area (Å²) in [5.41, 5.74) is -0.158. The quantitative estimate of drug-likeness (QED) is 0.705. The molecule has 1 saturated heterocycles. The maximum absolute atomic E-state index is 12.3. The Morgan fingerprint density at radius 2 is 2.17 bits per heavy atom. The molecule has 1 amide bonds. The summed E-state index contributed by atoms with van der Waals surface area (Å²) in [5.74, 6) is 0.333. The van der Waals surface area contributed by atoms with E-state index in [0.717, 1.165) is 45.3 Å². The number of rotatable bonds is 7. The van der Waals surface area contributed by atoms with Gasteiger partial charge in [-0.15, -0.1) is 0 Å². The molecule has 2 rings (SSSR count). The standard InChI is InChI=1S/C14H26N2O2/c1-4-12-15-14(7-8-14)13(17)16(12)9-5-6-10-18-11(2)3/h11-12,15H,4-10H2,1-3H3. The fourth-order valence-corrected chi connectivity index (χ4v) is 2.64. The van der Waals surface area contributed by atoms with Crippen molar-refractivity contribution in [2.45, 2.75) is 70.7 Å². The third-order valence-electron chi connectivity index (χ3n) is 3.87. The molecular weight excluding hydrogens is 228 g/mol. The molecular formula is C14H26N2O2. The van der Waals surface area contributed by atoms with E-state index in [1.54, 1.807) is 0 Å². The molecule has 0 aromatic carbocycles. The summed E-state index contributed by atoms with van der Waals surface area (Å²) in [4.78, 5) is 14.3. The SMILES string of the molecule is CCC1NC2(CC2)C(=O)N1CCCCOC(C)C. The predicted molar refractivity (Wildman–Crippen MR) is 71.2 cm³/mol. The maximum atomic E-state index is 12.3. The van der Waals surface area contributed by atoms with Gasteiger partial charge in [0.05, 0.1) is 17.8 Å². The highest BCUT2D eigenvalue weighted by atomic mass is 16.5. The highest BCUT2D eigenvalue weighted by molar-refractivity contribution is 5.91. The van der Waals surface area contributed by atoms with Crippen LogP contribution in [-0.4, -0.2) is 41.8 Å². The Labute approximate surface area is 110 Å². The van der Waals surface area contributed by atoms with Crippen LogP contribution in [0.2, 0.25) is 0 Å². The minimum absolute atomic E-state index is 0.158. The smallest absolute Gasteiger partial charge is 0.244 e. The lowest BCUT2D eigenvalue weighted by Crippen LogP contribution is -2.37. The van der Waals surface area contributed by atoms with Crippen LogP contribution < -0.4 is 5.32 Å². The van der Waals surface area contributed by atoms with Crippen molar-refractivity contribution in [2.75, 3.05) is 13.2 Å². The zero-order valence-electron chi connectivity index (χ0n) is 11.9. The van der Waals surface area contributed by atoms with Gasteiger partial charge in [-0.2, -0.15) is 0 Å². The molecule has 1 aliphatic carbocycles. The molecule has 1 saturated carbocycles. The molecule has 1 heterocycles. The first-order chi connectivity index (χ1) is 8.59. The maximum Gasteiger partial charge on any atom is 0.244 e. The number of carbonyl (C=O) groups excluding carboxylic acids is 1. The van der Waals surface area contributed by atoms with Crippen molar-refractivity contribution in [2.24, 2.45) is 0 Å². The van der Waals surface area contributed by atoms with Crippen LogP contribution in [0, 0.1) is 0 Å². The summed E-state index contributed by atoms with van der Waals surface area (Å²) in [6.45, 7) is 7.92. The summed E-state index contributed by atoms with van der Waals surface area (Å²) in [6, 6.07) is 0. The minimum Gasteiger partial charge on any atom is -0.379 e. The second kappa shape index (κ2) is 5.57. The molecule has 1 atom stereocenters. The zero-order valence-corrected chi connectivity index (χ0v) is 11.9. The molecule has 1 unspecified atom stereocenters. The van der Waals surface area contributed by atoms with E-state index in [-0.39, 0.29) is 11.7 Å². The van der Waals surface area contributed by atoms with E-state index in [0.29, 0.717) is 12.0 Å². The van der Waals surface area contributed by atoms with Crippen molar-refractivity contribution < 1.29 is 9.53 Å². The van der Waals surface area contributed by atoms with Crippen LogP contribution in [0.5, 0.6) is 0 Å². The number of nitrogens with one attached hydrogen (secondary N) is 1. The van der Waals surface area contributed by atoms with Crippen molar-refractivity contribution in [3.63, 3.8) is 0 Å². The van der Waals surface area contributed by atoms with Gasteiger partial charge in [-0.05, 0) is 46.0 Å². The van der Waals surface area contributed by atoms with Crippen LogP contribution in [0.4, 0.5) is 0 Å². The van der Waals surface area contributed by atoms with Crippen LogP contribution in [0.25, 0.3) is 0 Å². The molecule has 0 aromatic heterocycles. The average Bonchev–Trinajstić information content (AvgIpc) is 3.06. The van der Waals surface area contributed by atoms with Gasteiger partial charge in [0.2, 0.25) is 5.91 Å². The van der Waals surface area contributed by atoms with Gasteiger partial charge >= 0.3 is 0 Å². The Kier molecular flexibility index (Phi) is 4.28.